The van der Waals surface area contributed by atoms with Gasteiger partial charge >= 0.3 is 0 Å². The molecule has 2 atom stereocenters. The van der Waals surface area contributed by atoms with E-state index in [1.165, 1.54) is 5.56 Å². The second-order valence-corrected chi connectivity index (χ2v) is 4.51. The lowest BCUT2D eigenvalue weighted by Gasteiger charge is -2.21. The standard InChI is InChI=1S/C13H18N2O/c1-15-9-11(7-8-12(14)13(15)16)10-5-3-2-4-6-10/h2-6,11-12H,7-9,14H2,1H3/t11-,12-/m1/s1. The summed E-state index contributed by atoms with van der Waals surface area (Å²) in [7, 11) is 1.84. The Labute approximate surface area is 96.2 Å². The molecular formula is C13H18N2O. The van der Waals surface area contributed by atoms with E-state index in [4.69, 9.17) is 5.73 Å². The normalized spacial score (nSPS) is 26.6. The van der Waals surface area contributed by atoms with Crippen LogP contribution in [0.2, 0.25) is 0 Å². The third kappa shape index (κ3) is 2.25. The molecule has 0 saturated carbocycles. The molecule has 3 nitrogen and oxygen atoms in total. The maximum atomic E-state index is 11.7. The zero-order valence-corrected chi connectivity index (χ0v) is 9.60. The van der Waals surface area contributed by atoms with Crippen LogP contribution in [0.25, 0.3) is 0 Å². The van der Waals surface area contributed by atoms with E-state index >= 15 is 0 Å². The van der Waals surface area contributed by atoms with E-state index in [0.717, 1.165) is 19.4 Å². The minimum absolute atomic E-state index is 0.0680. The summed E-state index contributed by atoms with van der Waals surface area (Å²) in [6.07, 6.45) is 1.77. The van der Waals surface area contributed by atoms with E-state index in [2.05, 4.69) is 12.1 Å². The molecule has 0 bridgehead atoms. The van der Waals surface area contributed by atoms with Crippen molar-refractivity contribution in [2.75, 3.05) is 13.6 Å². The second kappa shape index (κ2) is 4.66. The van der Waals surface area contributed by atoms with Crippen LogP contribution in [-0.4, -0.2) is 30.4 Å². The Morgan fingerprint density at radius 2 is 1.94 bits per heavy atom. The maximum Gasteiger partial charge on any atom is 0.239 e. The summed E-state index contributed by atoms with van der Waals surface area (Å²) in [5.74, 6) is 0.488. The van der Waals surface area contributed by atoms with Crippen molar-refractivity contribution < 1.29 is 4.79 Å². The van der Waals surface area contributed by atoms with Gasteiger partial charge in [-0.15, -0.1) is 0 Å². The highest BCUT2D eigenvalue weighted by atomic mass is 16.2. The lowest BCUT2D eigenvalue weighted by atomic mass is 9.94. The molecule has 0 unspecified atom stereocenters. The van der Waals surface area contributed by atoms with E-state index in [-0.39, 0.29) is 11.9 Å². The van der Waals surface area contributed by atoms with E-state index in [0.29, 0.717) is 5.92 Å². The molecule has 2 rings (SSSR count). The Morgan fingerprint density at radius 3 is 2.62 bits per heavy atom. The minimum atomic E-state index is -0.321. The zero-order valence-electron chi connectivity index (χ0n) is 9.60. The fourth-order valence-electron chi connectivity index (χ4n) is 2.30. The second-order valence-electron chi connectivity index (χ2n) is 4.51. The number of nitrogens with zero attached hydrogens (tertiary/aromatic N) is 1. The van der Waals surface area contributed by atoms with Gasteiger partial charge in [-0.2, -0.15) is 0 Å². The molecule has 1 aliphatic rings. The molecule has 1 aromatic carbocycles. The molecule has 1 heterocycles. The molecular weight excluding hydrogens is 200 g/mol. The van der Waals surface area contributed by atoms with Gasteiger partial charge in [0.25, 0.3) is 0 Å². The number of likely N-dealkylation sites (N-methyl/N-ethyl adjacent to an activating group) is 1. The van der Waals surface area contributed by atoms with Gasteiger partial charge < -0.3 is 10.6 Å². The van der Waals surface area contributed by atoms with Crippen molar-refractivity contribution in [1.29, 1.82) is 0 Å². The van der Waals surface area contributed by atoms with Gasteiger partial charge in [0.05, 0.1) is 6.04 Å². The summed E-state index contributed by atoms with van der Waals surface area (Å²) < 4.78 is 0. The summed E-state index contributed by atoms with van der Waals surface area (Å²) in [4.78, 5) is 13.5. The van der Waals surface area contributed by atoms with Crippen LogP contribution in [0.5, 0.6) is 0 Å². The number of rotatable bonds is 1. The van der Waals surface area contributed by atoms with Gasteiger partial charge in [-0.05, 0) is 18.4 Å². The van der Waals surface area contributed by atoms with Gasteiger partial charge in [0.15, 0.2) is 0 Å². The van der Waals surface area contributed by atoms with E-state index in [1.807, 2.05) is 25.2 Å². The number of amides is 1. The summed E-state index contributed by atoms with van der Waals surface area (Å²) in [5.41, 5.74) is 7.12. The number of nitrogens with two attached hydrogens (primary N) is 1. The van der Waals surface area contributed by atoms with Gasteiger partial charge in [-0.3, -0.25) is 4.79 Å². The predicted molar refractivity (Wildman–Crippen MR) is 64.0 cm³/mol. The smallest absolute Gasteiger partial charge is 0.239 e. The molecule has 1 saturated heterocycles. The number of hydrogen-bond donors (Lipinski definition) is 1. The van der Waals surface area contributed by atoms with Crippen LogP contribution >= 0.6 is 0 Å². The first-order chi connectivity index (χ1) is 7.68. The summed E-state index contributed by atoms with van der Waals surface area (Å²) in [5, 5.41) is 0. The third-order valence-corrected chi connectivity index (χ3v) is 3.28. The number of carbonyl (C=O) groups is 1. The Balaban J connectivity index is 2.16. The fourth-order valence-corrected chi connectivity index (χ4v) is 2.30. The summed E-state index contributed by atoms with van der Waals surface area (Å²) in [6.45, 7) is 0.774. The lowest BCUT2D eigenvalue weighted by molar-refractivity contribution is -0.130. The molecule has 0 aromatic heterocycles. The van der Waals surface area contributed by atoms with Crippen LogP contribution in [0.3, 0.4) is 0 Å². The van der Waals surface area contributed by atoms with Crippen molar-refractivity contribution in [2.24, 2.45) is 5.73 Å². The molecule has 0 radical (unpaired) electrons. The van der Waals surface area contributed by atoms with Crippen molar-refractivity contribution in [3.8, 4) is 0 Å². The maximum absolute atomic E-state index is 11.7. The van der Waals surface area contributed by atoms with Crippen LogP contribution in [-0.2, 0) is 4.79 Å². The van der Waals surface area contributed by atoms with Crippen molar-refractivity contribution >= 4 is 5.91 Å². The Bertz CT molecular complexity index is 363. The quantitative estimate of drug-likeness (QED) is 0.773. The largest absolute Gasteiger partial charge is 0.344 e. The van der Waals surface area contributed by atoms with Crippen molar-refractivity contribution in [3.63, 3.8) is 0 Å². The predicted octanol–water partition coefficient (Wildman–Crippen LogP) is 1.35. The number of hydrogen-bond acceptors (Lipinski definition) is 2. The van der Waals surface area contributed by atoms with Crippen LogP contribution in [0, 0.1) is 0 Å². The molecule has 0 aliphatic carbocycles. The van der Waals surface area contributed by atoms with Gasteiger partial charge in [-0.1, -0.05) is 30.3 Å². The molecule has 86 valence electrons. The zero-order chi connectivity index (χ0) is 11.5. The number of likely N-dealkylation sites (tertiary alicyclic amines) is 1. The van der Waals surface area contributed by atoms with Crippen LogP contribution in [0.1, 0.15) is 24.3 Å². The Kier molecular flexibility index (Phi) is 3.25. The minimum Gasteiger partial charge on any atom is -0.344 e. The Morgan fingerprint density at radius 1 is 1.25 bits per heavy atom. The molecule has 0 spiro atoms. The van der Waals surface area contributed by atoms with E-state index in [9.17, 15) is 4.79 Å². The molecule has 1 fully saturated rings. The van der Waals surface area contributed by atoms with Gasteiger partial charge in [0, 0.05) is 19.5 Å². The summed E-state index contributed by atoms with van der Waals surface area (Å²) in [6, 6.07) is 10.0. The highest BCUT2D eigenvalue weighted by Gasteiger charge is 2.26. The summed E-state index contributed by atoms with van der Waals surface area (Å²) >= 11 is 0. The molecule has 2 N–H and O–H groups in total. The number of benzene rings is 1. The van der Waals surface area contributed by atoms with Gasteiger partial charge in [0.2, 0.25) is 5.91 Å². The molecule has 1 aliphatic heterocycles. The Hall–Kier alpha value is -1.35. The average Bonchev–Trinajstić information content (AvgIpc) is 2.44. The first-order valence-electron chi connectivity index (χ1n) is 5.74. The highest BCUT2D eigenvalue weighted by Crippen LogP contribution is 2.25. The van der Waals surface area contributed by atoms with Gasteiger partial charge in [-0.25, -0.2) is 0 Å². The van der Waals surface area contributed by atoms with Crippen LogP contribution < -0.4 is 5.73 Å². The molecule has 1 aromatic rings. The van der Waals surface area contributed by atoms with Crippen molar-refractivity contribution in [3.05, 3.63) is 35.9 Å². The first-order valence-corrected chi connectivity index (χ1v) is 5.74. The lowest BCUT2D eigenvalue weighted by Crippen LogP contribution is -2.40. The SMILES string of the molecule is CN1C[C@H](c2ccccc2)CC[C@@H](N)C1=O. The number of carbonyl (C=O) groups excluding carboxylic acids is 1. The molecule has 3 heteroatoms. The van der Waals surface area contributed by atoms with Crippen LogP contribution in [0.4, 0.5) is 0 Å². The topological polar surface area (TPSA) is 46.3 Å². The van der Waals surface area contributed by atoms with Gasteiger partial charge in [0.1, 0.15) is 0 Å². The van der Waals surface area contributed by atoms with Crippen LogP contribution in [0.15, 0.2) is 30.3 Å². The van der Waals surface area contributed by atoms with Crippen molar-refractivity contribution in [2.45, 2.75) is 24.8 Å². The van der Waals surface area contributed by atoms with E-state index < -0.39 is 0 Å². The molecule has 1 amide bonds. The first kappa shape index (κ1) is 11.1. The highest BCUT2D eigenvalue weighted by molar-refractivity contribution is 5.81. The fraction of sp³-hybridized carbons (Fsp3) is 0.462. The van der Waals surface area contributed by atoms with Crippen molar-refractivity contribution in [1.82, 2.24) is 4.90 Å². The monoisotopic (exact) mass is 218 g/mol. The third-order valence-electron chi connectivity index (χ3n) is 3.28. The average molecular weight is 218 g/mol. The molecule has 16 heavy (non-hydrogen) atoms. The van der Waals surface area contributed by atoms with E-state index in [1.54, 1.807) is 4.90 Å².